The summed E-state index contributed by atoms with van der Waals surface area (Å²) in [4.78, 5) is 13.8. The van der Waals surface area contributed by atoms with Crippen molar-refractivity contribution in [2.75, 3.05) is 21.3 Å². The smallest absolute Gasteiger partial charge is 0.250 e. The number of rotatable bonds is 6. The number of benzene rings is 1. The first-order valence-electron chi connectivity index (χ1n) is 7.08. The summed E-state index contributed by atoms with van der Waals surface area (Å²) < 4.78 is 12.1. The Kier molecular flexibility index (Phi) is 5.22. The Balaban J connectivity index is 2.09. The summed E-state index contributed by atoms with van der Waals surface area (Å²) in [5.74, 6) is 1.55. The monoisotopic (exact) mass is 302 g/mol. The van der Waals surface area contributed by atoms with E-state index >= 15 is 0 Å². The van der Waals surface area contributed by atoms with Gasteiger partial charge in [0.15, 0.2) is 0 Å². The fourth-order valence-corrected chi connectivity index (χ4v) is 2.32. The molecule has 2 rings (SSSR count). The minimum atomic E-state index is 0.00829. The van der Waals surface area contributed by atoms with E-state index in [1.54, 1.807) is 38.1 Å². The van der Waals surface area contributed by atoms with E-state index in [1.807, 2.05) is 31.3 Å². The third kappa shape index (κ3) is 4.11. The molecule has 0 saturated carbocycles. The third-order valence-electron chi connectivity index (χ3n) is 3.48. The molecule has 5 heteroatoms. The van der Waals surface area contributed by atoms with Crippen molar-refractivity contribution in [3.8, 4) is 11.5 Å². The normalized spacial score (nSPS) is 10.8. The highest BCUT2D eigenvalue weighted by Gasteiger charge is 2.06. The van der Waals surface area contributed by atoms with Crippen LogP contribution in [0.15, 0.2) is 41.3 Å². The number of pyridine rings is 1. The second-order valence-corrected chi connectivity index (χ2v) is 5.38. The molecule has 0 bridgehead atoms. The minimum absolute atomic E-state index is 0.00829. The van der Waals surface area contributed by atoms with Crippen LogP contribution in [0, 0.1) is 0 Å². The van der Waals surface area contributed by atoms with Crippen LogP contribution in [0.3, 0.4) is 0 Å². The fourth-order valence-electron chi connectivity index (χ4n) is 2.32. The number of ether oxygens (including phenoxy) is 2. The molecule has 0 aliphatic rings. The predicted molar refractivity (Wildman–Crippen MR) is 86.4 cm³/mol. The Bertz CT molecular complexity index is 672. The summed E-state index contributed by atoms with van der Waals surface area (Å²) in [6, 6.07) is 9.46. The van der Waals surface area contributed by atoms with E-state index < -0.39 is 0 Å². The van der Waals surface area contributed by atoms with Crippen LogP contribution in [0.1, 0.15) is 11.1 Å². The summed E-state index contributed by atoms with van der Waals surface area (Å²) in [7, 11) is 7.05. The molecule has 0 amide bonds. The third-order valence-corrected chi connectivity index (χ3v) is 3.48. The molecular weight excluding hydrogens is 280 g/mol. The second kappa shape index (κ2) is 7.13. The van der Waals surface area contributed by atoms with Crippen LogP contribution in [0.25, 0.3) is 0 Å². The topological polar surface area (TPSA) is 43.7 Å². The van der Waals surface area contributed by atoms with Gasteiger partial charge in [0.1, 0.15) is 11.5 Å². The van der Waals surface area contributed by atoms with Crippen molar-refractivity contribution in [2.24, 2.45) is 7.05 Å². The summed E-state index contributed by atoms with van der Waals surface area (Å²) >= 11 is 0. The highest BCUT2D eigenvalue weighted by atomic mass is 16.5. The number of nitrogens with zero attached hydrogens (tertiary/aromatic N) is 2. The maximum Gasteiger partial charge on any atom is 0.250 e. The second-order valence-electron chi connectivity index (χ2n) is 5.38. The lowest BCUT2D eigenvalue weighted by atomic mass is 10.1. The number of aromatic nitrogens is 1. The quantitative estimate of drug-likeness (QED) is 0.819. The highest BCUT2D eigenvalue weighted by Crippen LogP contribution is 2.23. The molecule has 1 aromatic heterocycles. The van der Waals surface area contributed by atoms with Crippen LogP contribution in [0.4, 0.5) is 0 Å². The highest BCUT2D eigenvalue weighted by molar-refractivity contribution is 5.38. The number of hydrogen-bond donors (Lipinski definition) is 0. The van der Waals surface area contributed by atoms with Crippen molar-refractivity contribution in [2.45, 2.75) is 13.1 Å². The minimum Gasteiger partial charge on any atom is -0.497 e. The average molecular weight is 302 g/mol. The molecule has 2 aromatic rings. The van der Waals surface area contributed by atoms with Crippen molar-refractivity contribution in [1.82, 2.24) is 9.47 Å². The van der Waals surface area contributed by atoms with Gasteiger partial charge in [-0.25, -0.2) is 0 Å². The van der Waals surface area contributed by atoms with Gasteiger partial charge in [-0.2, -0.15) is 0 Å². The summed E-state index contributed by atoms with van der Waals surface area (Å²) in [5, 5.41) is 0. The maximum atomic E-state index is 11.7. The van der Waals surface area contributed by atoms with Gasteiger partial charge < -0.3 is 14.0 Å². The first-order valence-corrected chi connectivity index (χ1v) is 7.08. The lowest BCUT2D eigenvalue weighted by molar-refractivity contribution is 0.316. The molecule has 22 heavy (non-hydrogen) atoms. The molecule has 0 saturated heterocycles. The summed E-state index contributed by atoms with van der Waals surface area (Å²) in [6.45, 7) is 1.44. The van der Waals surface area contributed by atoms with Crippen LogP contribution >= 0.6 is 0 Å². The Morgan fingerprint density at radius 1 is 1.00 bits per heavy atom. The van der Waals surface area contributed by atoms with Gasteiger partial charge in [0, 0.05) is 38.5 Å². The van der Waals surface area contributed by atoms with Crippen LogP contribution in [-0.2, 0) is 20.1 Å². The van der Waals surface area contributed by atoms with Crippen molar-refractivity contribution >= 4 is 0 Å². The number of aryl methyl sites for hydroxylation is 1. The molecule has 118 valence electrons. The molecule has 0 N–H and O–H groups in total. The molecule has 1 aromatic carbocycles. The average Bonchev–Trinajstić information content (AvgIpc) is 2.50. The van der Waals surface area contributed by atoms with E-state index in [0.717, 1.165) is 29.2 Å². The van der Waals surface area contributed by atoms with Crippen LogP contribution in [0.5, 0.6) is 11.5 Å². The van der Waals surface area contributed by atoms with Crippen LogP contribution in [-0.4, -0.2) is 30.7 Å². The fraction of sp³-hybridized carbons (Fsp3) is 0.353. The van der Waals surface area contributed by atoms with Crippen molar-refractivity contribution in [3.05, 3.63) is 58.0 Å². The van der Waals surface area contributed by atoms with E-state index in [1.165, 1.54) is 0 Å². The van der Waals surface area contributed by atoms with E-state index in [0.29, 0.717) is 6.54 Å². The van der Waals surface area contributed by atoms with E-state index in [9.17, 15) is 4.79 Å². The maximum absolute atomic E-state index is 11.7. The Labute approximate surface area is 130 Å². The molecule has 0 aliphatic carbocycles. The molecule has 5 nitrogen and oxygen atoms in total. The van der Waals surface area contributed by atoms with Gasteiger partial charge in [0.25, 0.3) is 5.56 Å². The molecule has 0 fully saturated rings. The van der Waals surface area contributed by atoms with Gasteiger partial charge in [-0.15, -0.1) is 0 Å². The lowest BCUT2D eigenvalue weighted by Crippen LogP contribution is -2.20. The number of hydrogen-bond acceptors (Lipinski definition) is 4. The van der Waals surface area contributed by atoms with Crippen LogP contribution < -0.4 is 15.0 Å². The van der Waals surface area contributed by atoms with E-state index in [2.05, 4.69) is 4.90 Å². The van der Waals surface area contributed by atoms with Gasteiger partial charge in [-0.1, -0.05) is 0 Å². The van der Waals surface area contributed by atoms with Crippen molar-refractivity contribution in [1.29, 1.82) is 0 Å². The van der Waals surface area contributed by atoms with Gasteiger partial charge in [-0.05, 0) is 36.4 Å². The van der Waals surface area contributed by atoms with Gasteiger partial charge in [0.05, 0.1) is 14.2 Å². The van der Waals surface area contributed by atoms with Crippen LogP contribution in [0.2, 0.25) is 0 Å². The number of methoxy groups -OCH3 is 2. The van der Waals surface area contributed by atoms with Crippen molar-refractivity contribution in [3.63, 3.8) is 0 Å². The lowest BCUT2D eigenvalue weighted by Gasteiger charge is -2.18. The molecular formula is C17H22N2O3. The molecule has 1 heterocycles. The molecule has 0 radical (unpaired) electrons. The van der Waals surface area contributed by atoms with Crippen molar-refractivity contribution < 1.29 is 9.47 Å². The zero-order valence-corrected chi connectivity index (χ0v) is 13.5. The largest absolute Gasteiger partial charge is 0.497 e. The standard InChI is InChI=1S/C17H22N2O3/c1-18(11-13-5-6-19(2)17(20)9-13)12-14-7-15(21-3)10-16(8-14)22-4/h5-10H,11-12H2,1-4H3. The predicted octanol–water partition coefficient (Wildman–Crippen LogP) is 2.03. The first-order chi connectivity index (χ1) is 10.5. The zero-order chi connectivity index (χ0) is 16.1. The molecule has 0 unspecified atom stereocenters. The Morgan fingerprint density at radius 3 is 2.14 bits per heavy atom. The van der Waals surface area contributed by atoms with Gasteiger partial charge in [0.2, 0.25) is 0 Å². The Morgan fingerprint density at radius 2 is 1.59 bits per heavy atom. The summed E-state index contributed by atoms with van der Waals surface area (Å²) in [5.41, 5.74) is 2.11. The van der Waals surface area contributed by atoms with E-state index in [4.69, 9.17) is 9.47 Å². The van der Waals surface area contributed by atoms with Gasteiger partial charge in [-0.3, -0.25) is 9.69 Å². The molecule has 0 spiro atoms. The SMILES string of the molecule is COc1cc(CN(C)Cc2ccn(C)c(=O)c2)cc(OC)c1. The molecule has 0 aliphatic heterocycles. The molecule has 0 atom stereocenters. The first kappa shape index (κ1) is 16.1. The van der Waals surface area contributed by atoms with E-state index in [-0.39, 0.29) is 5.56 Å². The van der Waals surface area contributed by atoms with Gasteiger partial charge >= 0.3 is 0 Å². The summed E-state index contributed by atoms with van der Waals surface area (Å²) in [6.07, 6.45) is 1.79. The zero-order valence-electron chi connectivity index (χ0n) is 13.5. The Hall–Kier alpha value is -2.27.